The van der Waals surface area contributed by atoms with Crippen LogP contribution >= 0.6 is 0 Å². The summed E-state index contributed by atoms with van der Waals surface area (Å²) in [7, 11) is -2.79. The number of carbonyl (C=O) groups is 2. The highest BCUT2D eigenvalue weighted by Gasteiger charge is 2.18. The van der Waals surface area contributed by atoms with Gasteiger partial charge in [0, 0.05) is 0 Å². The fourth-order valence-electron chi connectivity index (χ4n) is 2.14. The van der Waals surface area contributed by atoms with E-state index in [2.05, 4.69) is 0 Å². The molecule has 0 bridgehead atoms. The highest BCUT2D eigenvalue weighted by molar-refractivity contribution is 7.89. The molecule has 144 valence electrons. The summed E-state index contributed by atoms with van der Waals surface area (Å²) in [4.78, 5) is 22.6. The standard InChI is InChI=1S/C17H18N2O7S/c1-24-14-6-5-12(8-15(14)27(19,22)23)17(21)26-9-11-3-2-4-13(7-11)25-10-16(18)20/h2-8H,9-10H2,1H3,(H2,18,20)(H2,19,22,23). The average molecular weight is 394 g/mol. The topological polar surface area (TPSA) is 148 Å². The normalized spacial score (nSPS) is 10.9. The van der Waals surface area contributed by atoms with Crippen molar-refractivity contribution in [1.82, 2.24) is 0 Å². The Morgan fingerprint density at radius 1 is 1.11 bits per heavy atom. The van der Waals surface area contributed by atoms with Crippen LogP contribution in [0.25, 0.3) is 0 Å². The van der Waals surface area contributed by atoms with E-state index in [0.29, 0.717) is 11.3 Å². The van der Waals surface area contributed by atoms with Crippen LogP contribution in [0.4, 0.5) is 0 Å². The van der Waals surface area contributed by atoms with Gasteiger partial charge in [0.05, 0.1) is 12.7 Å². The Hall–Kier alpha value is -3.11. The molecule has 27 heavy (non-hydrogen) atoms. The number of amides is 1. The fourth-order valence-corrected chi connectivity index (χ4v) is 2.86. The third-order valence-corrected chi connectivity index (χ3v) is 4.29. The Kier molecular flexibility index (Phi) is 6.37. The van der Waals surface area contributed by atoms with Gasteiger partial charge in [0.25, 0.3) is 5.91 Å². The molecule has 0 aliphatic heterocycles. The molecule has 2 rings (SSSR count). The maximum Gasteiger partial charge on any atom is 0.338 e. The third-order valence-electron chi connectivity index (χ3n) is 3.36. The lowest BCUT2D eigenvalue weighted by Gasteiger charge is -2.10. The van der Waals surface area contributed by atoms with Crippen molar-refractivity contribution in [2.75, 3.05) is 13.7 Å². The van der Waals surface area contributed by atoms with E-state index in [1.54, 1.807) is 24.3 Å². The predicted octanol–water partition coefficient (Wildman–Crippen LogP) is 0.564. The summed E-state index contributed by atoms with van der Waals surface area (Å²) in [6.45, 7) is -0.366. The number of hydrogen-bond donors (Lipinski definition) is 2. The molecule has 0 aromatic heterocycles. The number of primary amides is 1. The molecule has 2 aromatic carbocycles. The van der Waals surface area contributed by atoms with Gasteiger partial charge < -0.3 is 19.9 Å². The second kappa shape index (κ2) is 8.52. The predicted molar refractivity (Wildman–Crippen MR) is 94.6 cm³/mol. The van der Waals surface area contributed by atoms with Crippen LogP contribution in [0.3, 0.4) is 0 Å². The number of nitrogens with two attached hydrogens (primary N) is 2. The Bertz CT molecular complexity index is 958. The molecule has 4 N–H and O–H groups in total. The van der Waals surface area contributed by atoms with Gasteiger partial charge in [-0.1, -0.05) is 12.1 Å². The van der Waals surface area contributed by atoms with Crippen molar-refractivity contribution < 1.29 is 32.2 Å². The molecule has 2 aromatic rings. The molecule has 0 spiro atoms. The summed E-state index contributed by atoms with van der Waals surface area (Å²) in [6.07, 6.45) is 0. The monoisotopic (exact) mass is 394 g/mol. The molecule has 0 saturated heterocycles. The Balaban J connectivity index is 2.10. The van der Waals surface area contributed by atoms with E-state index < -0.39 is 21.9 Å². The van der Waals surface area contributed by atoms with Crippen LogP contribution in [0.1, 0.15) is 15.9 Å². The van der Waals surface area contributed by atoms with E-state index in [0.717, 1.165) is 6.07 Å². The van der Waals surface area contributed by atoms with E-state index in [-0.39, 0.29) is 29.4 Å². The molecule has 10 heteroatoms. The molecule has 0 radical (unpaired) electrons. The van der Waals surface area contributed by atoms with Crippen LogP contribution in [-0.4, -0.2) is 34.0 Å². The second-order valence-electron chi connectivity index (χ2n) is 5.39. The first-order chi connectivity index (χ1) is 12.7. The zero-order valence-electron chi connectivity index (χ0n) is 14.4. The third kappa shape index (κ3) is 5.69. The quantitative estimate of drug-likeness (QED) is 0.622. The highest BCUT2D eigenvalue weighted by atomic mass is 32.2. The van der Waals surface area contributed by atoms with Crippen LogP contribution < -0.4 is 20.3 Å². The number of primary sulfonamides is 1. The number of sulfonamides is 1. The van der Waals surface area contributed by atoms with E-state index in [1.807, 2.05) is 0 Å². The van der Waals surface area contributed by atoms with E-state index >= 15 is 0 Å². The fraction of sp³-hybridized carbons (Fsp3) is 0.176. The lowest BCUT2D eigenvalue weighted by Crippen LogP contribution is -2.20. The largest absolute Gasteiger partial charge is 0.495 e. The van der Waals surface area contributed by atoms with E-state index in [1.165, 1.54) is 19.2 Å². The van der Waals surface area contributed by atoms with Crippen molar-refractivity contribution in [1.29, 1.82) is 0 Å². The minimum Gasteiger partial charge on any atom is -0.495 e. The number of benzene rings is 2. The minimum absolute atomic E-state index is 0.000887. The number of hydrogen-bond acceptors (Lipinski definition) is 7. The molecule has 0 aliphatic rings. The maximum absolute atomic E-state index is 12.2. The van der Waals surface area contributed by atoms with Gasteiger partial charge in [0.1, 0.15) is 23.0 Å². The van der Waals surface area contributed by atoms with Gasteiger partial charge in [-0.25, -0.2) is 18.4 Å². The van der Waals surface area contributed by atoms with E-state index in [4.69, 9.17) is 25.1 Å². The van der Waals surface area contributed by atoms with Gasteiger partial charge in [-0.05, 0) is 35.9 Å². The molecule has 0 aliphatic carbocycles. The van der Waals surface area contributed by atoms with Crippen molar-refractivity contribution in [3.05, 3.63) is 53.6 Å². The number of ether oxygens (including phenoxy) is 3. The molecular weight excluding hydrogens is 376 g/mol. The lowest BCUT2D eigenvalue weighted by atomic mass is 10.2. The summed E-state index contributed by atoms with van der Waals surface area (Å²) in [6, 6.07) is 10.3. The highest BCUT2D eigenvalue weighted by Crippen LogP contribution is 2.24. The molecule has 0 saturated carbocycles. The summed E-state index contributed by atoms with van der Waals surface area (Å²) in [5.74, 6) is -0.945. The Labute approximate surface area is 155 Å². The van der Waals surface area contributed by atoms with Crippen molar-refractivity contribution in [3.63, 3.8) is 0 Å². The molecule has 9 nitrogen and oxygen atoms in total. The number of carbonyl (C=O) groups excluding carboxylic acids is 2. The molecule has 0 heterocycles. The van der Waals surface area contributed by atoms with Crippen LogP contribution in [0.5, 0.6) is 11.5 Å². The molecule has 1 amide bonds. The van der Waals surface area contributed by atoms with E-state index in [9.17, 15) is 18.0 Å². The summed E-state index contributed by atoms with van der Waals surface area (Å²) in [5, 5.41) is 5.13. The zero-order valence-corrected chi connectivity index (χ0v) is 15.2. The zero-order chi connectivity index (χ0) is 20.0. The van der Waals surface area contributed by atoms with Crippen LogP contribution in [0.2, 0.25) is 0 Å². The van der Waals surface area contributed by atoms with Crippen LogP contribution in [-0.2, 0) is 26.2 Å². The minimum atomic E-state index is -4.07. The van der Waals surface area contributed by atoms with Crippen LogP contribution in [0, 0.1) is 0 Å². The van der Waals surface area contributed by atoms with Crippen molar-refractivity contribution >= 4 is 21.9 Å². The smallest absolute Gasteiger partial charge is 0.338 e. The summed E-state index contributed by atoms with van der Waals surface area (Å²) < 4.78 is 38.5. The van der Waals surface area contributed by atoms with Gasteiger partial charge in [-0.3, -0.25) is 4.79 Å². The number of methoxy groups -OCH3 is 1. The summed E-state index contributed by atoms with van der Waals surface area (Å²) >= 11 is 0. The number of rotatable bonds is 8. The lowest BCUT2D eigenvalue weighted by molar-refractivity contribution is -0.119. The van der Waals surface area contributed by atoms with Crippen molar-refractivity contribution in [2.45, 2.75) is 11.5 Å². The van der Waals surface area contributed by atoms with Gasteiger partial charge in [-0.2, -0.15) is 0 Å². The first-order valence-corrected chi connectivity index (χ1v) is 9.13. The number of esters is 1. The maximum atomic E-state index is 12.2. The molecule has 0 atom stereocenters. The Morgan fingerprint density at radius 2 is 1.85 bits per heavy atom. The molecule has 0 unspecified atom stereocenters. The first kappa shape index (κ1) is 20.2. The average Bonchev–Trinajstić information content (AvgIpc) is 2.63. The van der Waals surface area contributed by atoms with Crippen molar-refractivity contribution in [2.24, 2.45) is 10.9 Å². The molecule has 0 fully saturated rings. The SMILES string of the molecule is COc1ccc(C(=O)OCc2cccc(OCC(N)=O)c2)cc1S(N)(=O)=O. The van der Waals surface area contributed by atoms with Crippen LogP contribution in [0.15, 0.2) is 47.4 Å². The molecular formula is C17H18N2O7S. The van der Waals surface area contributed by atoms with Gasteiger partial charge in [0.2, 0.25) is 10.0 Å². The second-order valence-corrected chi connectivity index (χ2v) is 6.92. The van der Waals surface area contributed by atoms with Crippen molar-refractivity contribution in [3.8, 4) is 11.5 Å². The van der Waals surface area contributed by atoms with Gasteiger partial charge >= 0.3 is 5.97 Å². The van der Waals surface area contributed by atoms with Gasteiger partial charge in [0.15, 0.2) is 6.61 Å². The van der Waals surface area contributed by atoms with Gasteiger partial charge in [-0.15, -0.1) is 0 Å². The first-order valence-electron chi connectivity index (χ1n) is 7.58. The summed E-state index contributed by atoms with van der Waals surface area (Å²) in [5.41, 5.74) is 5.61. The Morgan fingerprint density at radius 3 is 2.48 bits per heavy atom.